The molecule has 0 aromatic rings. The van der Waals surface area contributed by atoms with Crippen LogP contribution in [0.5, 0.6) is 0 Å². The van der Waals surface area contributed by atoms with Crippen LogP contribution in [0.15, 0.2) is 0 Å². The maximum Gasteiger partial charge on any atom is 0.0620 e. The van der Waals surface area contributed by atoms with Crippen molar-refractivity contribution < 1.29 is 10.2 Å². The molecule has 0 saturated heterocycles. The van der Waals surface area contributed by atoms with Crippen molar-refractivity contribution in [3.05, 3.63) is 6.92 Å². The standard InChI is InChI=1S/C7H15O2/c1-3-7(2,9)5-4-6-8/h8-9H,1,3-6H2,2H3. The predicted octanol–water partition coefficient (Wildman–Crippen LogP) is 0.734. The van der Waals surface area contributed by atoms with Crippen LogP contribution in [0.25, 0.3) is 0 Å². The van der Waals surface area contributed by atoms with Gasteiger partial charge in [-0.25, -0.2) is 0 Å². The van der Waals surface area contributed by atoms with E-state index in [2.05, 4.69) is 6.92 Å². The van der Waals surface area contributed by atoms with Crippen molar-refractivity contribution in [2.24, 2.45) is 0 Å². The van der Waals surface area contributed by atoms with E-state index in [1.165, 1.54) is 0 Å². The van der Waals surface area contributed by atoms with Gasteiger partial charge in [0.1, 0.15) is 0 Å². The van der Waals surface area contributed by atoms with Crippen molar-refractivity contribution in [2.45, 2.75) is 31.8 Å². The summed E-state index contributed by atoms with van der Waals surface area (Å²) in [5.41, 5.74) is -0.678. The molecule has 55 valence electrons. The van der Waals surface area contributed by atoms with Crippen LogP contribution in [0, 0.1) is 6.92 Å². The highest BCUT2D eigenvalue weighted by Gasteiger charge is 2.15. The van der Waals surface area contributed by atoms with Crippen LogP contribution < -0.4 is 0 Å². The molecule has 2 nitrogen and oxygen atoms in total. The minimum Gasteiger partial charge on any atom is -0.396 e. The van der Waals surface area contributed by atoms with E-state index in [1.54, 1.807) is 6.92 Å². The highest BCUT2D eigenvalue weighted by molar-refractivity contribution is 4.72. The smallest absolute Gasteiger partial charge is 0.0620 e. The average molecular weight is 131 g/mol. The van der Waals surface area contributed by atoms with Crippen LogP contribution in [0.4, 0.5) is 0 Å². The number of rotatable bonds is 4. The lowest BCUT2D eigenvalue weighted by molar-refractivity contribution is 0.0460. The Labute approximate surface area is 56.5 Å². The summed E-state index contributed by atoms with van der Waals surface area (Å²) in [4.78, 5) is 0. The van der Waals surface area contributed by atoms with Crippen LogP contribution in [-0.4, -0.2) is 22.4 Å². The van der Waals surface area contributed by atoms with E-state index in [0.29, 0.717) is 19.3 Å². The molecule has 0 aliphatic carbocycles. The first-order valence-corrected chi connectivity index (χ1v) is 3.25. The van der Waals surface area contributed by atoms with E-state index >= 15 is 0 Å². The first kappa shape index (κ1) is 8.92. The molecular weight excluding hydrogens is 116 g/mol. The Kier molecular flexibility index (Phi) is 3.82. The Morgan fingerprint density at radius 1 is 1.56 bits per heavy atom. The molecule has 1 radical (unpaired) electrons. The van der Waals surface area contributed by atoms with E-state index in [1.807, 2.05) is 0 Å². The third-order valence-electron chi connectivity index (χ3n) is 1.41. The average Bonchev–Trinajstić information content (AvgIpc) is 1.84. The second-order valence-corrected chi connectivity index (χ2v) is 2.57. The summed E-state index contributed by atoms with van der Waals surface area (Å²) >= 11 is 0. The first-order valence-electron chi connectivity index (χ1n) is 3.25. The summed E-state index contributed by atoms with van der Waals surface area (Å²) in [6.45, 7) is 5.46. The minimum atomic E-state index is -0.678. The SMILES string of the molecule is [CH2]CC(C)(O)CCCO. The number of aliphatic hydroxyl groups is 2. The van der Waals surface area contributed by atoms with Crippen molar-refractivity contribution in [1.29, 1.82) is 0 Å². The lowest BCUT2D eigenvalue weighted by Crippen LogP contribution is -2.22. The normalized spacial score (nSPS) is 17.3. The van der Waals surface area contributed by atoms with E-state index in [4.69, 9.17) is 5.11 Å². The molecule has 2 N–H and O–H groups in total. The molecule has 0 saturated carbocycles. The van der Waals surface area contributed by atoms with Crippen molar-refractivity contribution in [3.63, 3.8) is 0 Å². The number of hydrogen-bond acceptors (Lipinski definition) is 2. The van der Waals surface area contributed by atoms with Gasteiger partial charge in [0.05, 0.1) is 5.60 Å². The molecule has 0 bridgehead atoms. The summed E-state index contributed by atoms with van der Waals surface area (Å²) in [5.74, 6) is 0. The van der Waals surface area contributed by atoms with Crippen LogP contribution in [0.1, 0.15) is 26.2 Å². The molecule has 0 aromatic carbocycles. The van der Waals surface area contributed by atoms with Crippen molar-refractivity contribution in [3.8, 4) is 0 Å². The summed E-state index contributed by atoms with van der Waals surface area (Å²) in [7, 11) is 0. The molecule has 0 spiro atoms. The zero-order chi connectivity index (χ0) is 7.33. The van der Waals surface area contributed by atoms with E-state index < -0.39 is 5.60 Å². The molecule has 0 aromatic heterocycles. The molecule has 1 unspecified atom stereocenters. The highest BCUT2D eigenvalue weighted by atomic mass is 16.3. The Balaban J connectivity index is 3.33. The van der Waals surface area contributed by atoms with E-state index in [-0.39, 0.29) is 6.61 Å². The third-order valence-corrected chi connectivity index (χ3v) is 1.41. The fourth-order valence-electron chi connectivity index (χ4n) is 0.585. The molecule has 0 heterocycles. The largest absolute Gasteiger partial charge is 0.396 e. The molecular formula is C7H15O2. The van der Waals surface area contributed by atoms with Gasteiger partial charge in [-0.3, -0.25) is 0 Å². The Hall–Kier alpha value is -0.0800. The number of hydrogen-bond donors (Lipinski definition) is 2. The maximum atomic E-state index is 9.28. The summed E-state index contributed by atoms with van der Waals surface area (Å²) in [5, 5.41) is 17.7. The van der Waals surface area contributed by atoms with Crippen molar-refractivity contribution >= 4 is 0 Å². The Morgan fingerprint density at radius 3 is 2.44 bits per heavy atom. The van der Waals surface area contributed by atoms with Gasteiger partial charge >= 0.3 is 0 Å². The van der Waals surface area contributed by atoms with Gasteiger partial charge in [0.15, 0.2) is 0 Å². The second kappa shape index (κ2) is 3.85. The van der Waals surface area contributed by atoms with Gasteiger partial charge in [0.25, 0.3) is 0 Å². The molecule has 0 fully saturated rings. The maximum absolute atomic E-state index is 9.28. The van der Waals surface area contributed by atoms with Gasteiger partial charge in [-0.1, -0.05) is 6.92 Å². The third kappa shape index (κ3) is 4.43. The van der Waals surface area contributed by atoms with Crippen molar-refractivity contribution in [1.82, 2.24) is 0 Å². The van der Waals surface area contributed by atoms with Gasteiger partial charge in [0, 0.05) is 6.61 Å². The quantitative estimate of drug-likeness (QED) is 0.590. The van der Waals surface area contributed by atoms with Crippen LogP contribution in [0.3, 0.4) is 0 Å². The lowest BCUT2D eigenvalue weighted by Gasteiger charge is -2.19. The van der Waals surface area contributed by atoms with Gasteiger partial charge in [-0.2, -0.15) is 0 Å². The molecule has 9 heavy (non-hydrogen) atoms. The van der Waals surface area contributed by atoms with Gasteiger partial charge in [-0.15, -0.1) is 0 Å². The fraction of sp³-hybridized carbons (Fsp3) is 0.857. The molecule has 0 aliphatic heterocycles. The highest BCUT2D eigenvalue weighted by Crippen LogP contribution is 2.14. The van der Waals surface area contributed by atoms with E-state index in [0.717, 1.165) is 0 Å². The topological polar surface area (TPSA) is 40.5 Å². The second-order valence-electron chi connectivity index (χ2n) is 2.57. The van der Waals surface area contributed by atoms with Crippen LogP contribution in [-0.2, 0) is 0 Å². The van der Waals surface area contributed by atoms with Gasteiger partial charge in [-0.05, 0) is 26.2 Å². The minimum absolute atomic E-state index is 0.149. The monoisotopic (exact) mass is 131 g/mol. The zero-order valence-electron chi connectivity index (χ0n) is 5.93. The van der Waals surface area contributed by atoms with Crippen molar-refractivity contribution in [2.75, 3.05) is 6.61 Å². The van der Waals surface area contributed by atoms with Crippen LogP contribution >= 0.6 is 0 Å². The molecule has 0 aliphatic rings. The molecule has 0 rings (SSSR count). The van der Waals surface area contributed by atoms with Gasteiger partial charge < -0.3 is 10.2 Å². The van der Waals surface area contributed by atoms with E-state index in [9.17, 15) is 5.11 Å². The first-order chi connectivity index (χ1) is 4.12. The zero-order valence-corrected chi connectivity index (χ0v) is 5.93. The molecule has 1 atom stereocenters. The van der Waals surface area contributed by atoms with Crippen LogP contribution in [0.2, 0.25) is 0 Å². The lowest BCUT2D eigenvalue weighted by atomic mass is 9.98. The predicted molar refractivity (Wildman–Crippen MR) is 36.9 cm³/mol. The fourth-order valence-corrected chi connectivity index (χ4v) is 0.585. The van der Waals surface area contributed by atoms with Gasteiger partial charge in [0.2, 0.25) is 0 Å². The summed E-state index contributed by atoms with van der Waals surface area (Å²) in [6, 6.07) is 0. The summed E-state index contributed by atoms with van der Waals surface area (Å²) < 4.78 is 0. The Morgan fingerprint density at radius 2 is 2.11 bits per heavy atom. The molecule has 0 amide bonds. The molecule has 2 heteroatoms. The number of aliphatic hydroxyl groups excluding tert-OH is 1. The Bertz CT molecular complexity index is 69.3. The summed E-state index contributed by atoms with van der Waals surface area (Å²) in [6.07, 6.45) is 1.79.